The second kappa shape index (κ2) is 6.45. The molecule has 6 nitrogen and oxygen atoms in total. The molecule has 0 saturated carbocycles. The van der Waals surface area contributed by atoms with Crippen molar-refractivity contribution in [2.24, 2.45) is 0 Å². The monoisotopic (exact) mass is 328 g/mol. The molecule has 24 heavy (non-hydrogen) atoms. The van der Waals surface area contributed by atoms with E-state index in [9.17, 15) is 8.78 Å². The molecule has 2 heterocycles. The van der Waals surface area contributed by atoms with Gasteiger partial charge in [-0.3, -0.25) is 0 Å². The van der Waals surface area contributed by atoms with Gasteiger partial charge in [-0.1, -0.05) is 6.07 Å². The van der Waals surface area contributed by atoms with Crippen LogP contribution in [-0.4, -0.2) is 15.0 Å². The molecule has 4 N–H and O–H groups in total. The molecule has 2 aromatic heterocycles. The summed E-state index contributed by atoms with van der Waals surface area (Å²) in [7, 11) is 0. The fourth-order valence-corrected chi connectivity index (χ4v) is 2.04. The summed E-state index contributed by atoms with van der Waals surface area (Å²) < 4.78 is 26.3. The Bertz CT molecular complexity index is 884. The fraction of sp³-hybridized carbons (Fsp3) is 0.0625. The summed E-state index contributed by atoms with van der Waals surface area (Å²) in [6.45, 7) is 1.87. The minimum absolute atomic E-state index is 0.227. The number of rotatable bonds is 4. The van der Waals surface area contributed by atoms with Gasteiger partial charge < -0.3 is 16.4 Å². The third-order valence-electron chi connectivity index (χ3n) is 3.20. The molecule has 0 unspecified atom stereocenters. The second-order valence-corrected chi connectivity index (χ2v) is 5.03. The van der Waals surface area contributed by atoms with Crippen molar-refractivity contribution in [2.45, 2.75) is 6.92 Å². The number of aromatic nitrogens is 3. The van der Waals surface area contributed by atoms with E-state index in [0.717, 1.165) is 17.8 Å². The third-order valence-corrected chi connectivity index (χ3v) is 3.20. The molecule has 122 valence electrons. The van der Waals surface area contributed by atoms with E-state index in [4.69, 9.17) is 5.73 Å². The summed E-state index contributed by atoms with van der Waals surface area (Å²) in [6.07, 6.45) is 1.30. The third kappa shape index (κ3) is 3.37. The number of hydrogen-bond donors (Lipinski definition) is 3. The van der Waals surface area contributed by atoms with E-state index >= 15 is 0 Å². The maximum absolute atomic E-state index is 13.3. The SMILES string of the molecule is Cc1cccc(Nc2ncnc(Nc3ccc(F)c(F)c3)c2N)n1. The zero-order chi connectivity index (χ0) is 17.1. The standard InChI is InChI=1S/C16H14F2N6/c1-9-3-2-4-13(22-9)24-16-14(19)15(20-8-21-16)23-10-5-6-11(17)12(18)7-10/h2-8H,19H2,1H3,(H2,20,21,22,23,24). The van der Waals surface area contributed by atoms with Gasteiger partial charge in [-0.15, -0.1) is 0 Å². The van der Waals surface area contributed by atoms with Crippen molar-refractivity contribution in [3.05, 3.63) is 60.1 Å². The van der Waals surface area contributed by atoms with Crippen molar-refractivity contribution in [3.63, 3.8) is 0 Å². The number of aryl methyl sites for hydroxylation is 1. The lowest BCUT2D eigenvalue weighted by atomic mass is 10.3. The van der Waals surface area contributed by atoms with Crippen LogP contribution in [0.5, 0.6) is 0 Å². The largest absolute Gasteiger partial charge is 0.393 e. The molecule has 0 aliphatic carbocycles. The molecule has 0 atom stereocenters. The van der Waals surface area contributed by atoms with Crippen LogP contribution >= 0.6 is 0 Å². The van der Waals surface area contributed by atoms with E-state index in [1.165, 1.54) is 12.4 Å². The molecule has 0 aliphatic rings. The number of halogens is 2. The van der Waals surface area contributed by atoms with Gasteiger partial charge in [0.25, 0.3) is 0 Å². The number of pyridine rings is 1. The smallest absolute Gasteiger partial charge is 0.160 e. The summed E-state index contributed by atoms with van der Waals surface area (Å²) in [4.78, 5) is 12.4. The molecule has 0 amide bonds. The Balaban J connectivity index is 1.86. The van der Waals surface area contributed by atoms with Crippen molar-refractivity contribution >= 4 is 28.8 Å². The van der Waals surface area contributed by atoms with E-state index in [1.807, 2.05) is 19.1 Å². The number of nitrogens with two attached hydrogens (primary N) is 1. The van der Waals surface area contributed by atoms with Crippen LogP contribution in [0.1, 0.15) is 5.69 Å². The lowest BCUT2D eigenvalue weighted by Gasteiger charge is -2.12. The average molecular weight is 328 g/mol. The first-order valence-corrected chi connectivity index (χ1v) is 7.06. The lowest BCUT2D eigenvalue weighted by Crippen LogP contribution is -2.06. The van der Waals surface area contributed by atoms with Gasteiger partial charge in [-0.05, 0) is 31.2 Å². The highest BCUT2D eigenvalue weighted by atomic mass is 19.2. The highest BCUT2D eigenvalue weighted by Crippen LogP contribution is 2.28. The van der Waals surface area contributed by atoms with Crippen molar-refractivity contribution < 1.29 is 8.78 Å². The highest BCUT2D eigenvalue weighted by Gasteiger charge is 2.10. The highest BCUT2D eigenvalue weighted by molar-refractivity contribution is 5.79. The van der Waals surface area contributed by atoms with Crippen LogP contribution in [-0.2, 0) is 0 Å². The Morgan fingerprint density at radius 3 is 2.42 bits per heavy atom. The zero-order valence-corrected chi connectivity index (χ0v) is 12.7. The van der Waals surface area contributed by atoms with Crippen LogP contribution < -0.4 is 16.4 Å². The minimum Gasteiger partial charge on any atom is -0.393 e. The number of nitrogens with one attached hydrogen (secondary N) is 2. The normalized spacial score (nSPS) is 10.5. The van der Waals surface area contributed by atoms with E-state index < -0.39 is 11.6 Å². The summed E-state index contributed by atoms with van der Waals surface area (Å²) in [5.74, 6) is -0.683. The summed E-state index contributed by atoms with van der Waals surface area (Å²) in [6, 6.07) is 8.91. The molecular weight excluding hydrogens is 314 g/mol. The van der Waals surface area contributed by atoms with Crippen LogP contribution in [0.25, 0.3) is 0 Å². The van der Waals surface area contributed by atoms with E-state index in [-0.39, 0.29) is 11.5 Å². The number of nitrogen functional groups attached to an aromatic ring is 1. The van der Waals surface area contributed by atoms with Crippen molar-refractivity contribution in [1.82, 2.24) is 15.0 Å². The van der Waals surface area contributed by atoms with Crippen molar-refractivity contribution in [1.29, 1.82) is 0 Å². The predicted octanol–water partition coefficient (Wildman–Crippen LogP) is 3.53. The Morgan fingerprint density at radius 2 is 1.71 bits per heavy atom. The molecular formula is C16H14F2N6. The van der Waals surface area contributed by atoms with Crippen LogP contribution in [0.3, 0.4) is 0 Å². The van der Waals surface area contributed by atoms with Gasteiger partial charge in [-0.25, -0.2) is 23.7 Å². The quantitative estimate of drug-likeness (QED) is 0.679. The van der Waals surface area contributed by atoms with Gasteiger partial charge in [0.15, 0.2) is 23.3 Å². The topological polar surface area (TPSA) is 88.8 Å². The minimum atomic E-state index is -0.963. The molecule has 8 heteroatoms. The second-order valence-electron chi connectivity index (χ2n) is 5.03. The summed E-state index contributed by atoms with van der Waals surface area (Å²) >= 11 is 0. The Labute approximate surface area is 136 Å². The van der Waals surface area contributed by atoms with E-state index in [2.05, 4.69) is 25.6 Å². The zero-order valence-electron chi connectivity index (χ0n) is 12.7. The van der Waals surface area contributed by atoms with Gasteiger partial charge in [0.1, 0.15) is 17.8 Å². The van der Waals surface area contributed by atoms with E-state index in [1.54, 1.807) is 6.07 Å². The molecule has 0 radical (unpaired) electrons. The van der Waals surface area contributed by atoms with Crippen LogP contribution in [0.2, 0.25) is 0 Å². The first-order valence-electron chi connectivity index (χ1n) is 7.06. The van der Waals surface area contributed by atoms with Crippen molar-refractivity contribution in [3.8, 4) is 0 Å². The van der Waals surface area contributed by atoms with Crippen LogP contribution in [0, 0.1) is 18.6 Å². The number of anilines is 5. The Hall–Kier alpha value is -3.29. The van der Waals surface area contributed by atoms with Gasteiger partial charge >= 0.3 is 0 Å². The number of hydrogen-bond acceptors (Lipinski definition) is 6. The first-order chi connectivity index (χ1) is 11.5. The predicted molar refractivity (Wildman–Crippen MR) is 88.3 cm³/mol. The first kappa shape index (κ1) is 15.6. The summed E-state index contributed by atoms with van der Waals surface area (Å²) in [5, 5.41) is 5.83. The lowest BCUT2D eigenvalue weighted by molar-refractivity contribution is 0.509. The fourth-order valence-electron chi connectivity index (χ4n) is 2.04. The molecule has 3 rings (SSSR count). The van der Waals surface area contributed by atoms with Gasteiger partial charge in [0, 0.05) is 17.4 Å². The van der Waals surface area contributed by atoms with Gasteiger partial charge in [0.2, 0.25) is 0 Å². The average Bonchev–Trinajstić information content (AvgIpc) is 2.55. The maximum atomic E-state index is 13.3. The molecule has 0 aliphatic heterocycles. The molecule has 1 aromatic carbocycles. The van der Waals surface area contributed by atoms with Crippen LogP contribution in [0.15, 0.2) is 42.7 Å². The summed E-state index contributed by atoms with van der Waals surface area (Å²) in [5.41, 5.74) is 7.43. The van der Waals surface area contributed by atoms with Gasteiger partial charge in [0.05, 0.1) is 0 Å². The molecule has 0 fully saturated rings. The molecule has 0 spiro atoms. The van der Waals surface area contributed by atoms with Crippen molar-refractivity contribution in [2.75, 3.05) is 16.4 Å². The molecule has 0 saturated heterocycles. The maximum Gasteiger partial charge on any atom is 0.160 e. The van der Waals surface area contributed by atoms with Crippen LogP contribution in [0.4, 0.5) is 37.6 Å². The number of nitrogens with zero attached hydrogens (tertiary/aromatic N) is 3. The van der Waals surface area contributed by atoms with Gasteiger partial charge in [-0.2, -0.15) is 0 Å². The van der Waals surface area contributed by atoms with E-state index in [0.29, 0.717) is 17.3 Å². The Morgan fingerprint density at radius 1 is 0.958 bits per heavy atom. The molecule has 3 aromatic rings. The number of benzene rings is 1. The Kier molecular flexibility index (Phi) is 4.19. The molecule has 0 bridgehead atoms.